The van der Waals surface area contributed by atoms with E-state index in [1.54, 1.807) is 22.5 Å². The summed E-state index contributed by atoms with van der Waals surface area (Å²) in [6.07, 6.45) is 2.60. The summed E-state index contributed by atoms with van der Waals surface area (Å²) in [5.41, 5.74) is 1.25. The van der Waals surface area contributed by atoms with E-state index >= 15 is 0 Å². The molecule has 0 saturated carbocycles. The molecule has 0 fully saturated rings. The summed E-state index contributed by atoms with van der Waals surface area (Å²) in [7, 11) is 1.83. The van der Waals surface area contributed by atoms with E-state index in [9.17, 15) is 4.79 Å². The van der Waals surface area contributed by atoms with Crippen LogP contribution in [0.3, 0.4) is 0 Å². The molecule has 0 bridgehead atoms. The van der Waals surface area contributed by atoms with Gasteiger partial charge in [-0.05, 0) is 18.1 Å². The summed E-state index contributed by atoms with van der Waals surface area (Å²) in [4.78, 5) is 13.3. The minimum atomic E-state index is -0.0515. The zero-order valence-corrected chi connectivity index (χ0v) is 10.8. The summed E-state index contributed by atoms with van der Waals surface area (Å²) in [6, 6.07) is 9.96. The molecule has 92 valence electrons. The quantitative estimate of drug-likeness (QED) is 0.898. The number of amides is 1. The Kier molecular flexibility index (Phi) is 2.83. The van der Waals surface area contributed by atoms with Gasteiger partial charge in [0, 0.05) is 24.2 Å². The van der Waals surface area contributed by atoms with Gasteiger partial charge in [-0.2, -0.15) is 5.10 Å². The fourth-order valence-corrected chi connectivity index (χ4v) is 3.21. The van der Waals surface area contributed by atoms with Gasteiger partial charge in [-0.1, -0.05) is 18.2 Å². The Morgan fingerprint density at radius 1 is 1.44 bits per heavy atom. The normalized spacial score (nSPS) is 17.5. The molecule has 0 spiro atoms. The minimum absolute atomic E-state index is 0.0231. The number of nitrogens with zero attached hydrogens (tertiary/aromatic N) is 2. The second-order valence-corrected chi connectivity index (χ2v) is 5.53. The molecule has 0 aliphatic carbocycles. The van der Waals surface area contributed by atoms with Gasteiger partial charge < -0.3 is 5.32 Å². The van der Waals surface area contributed by atoms with Crippen molar-refractivity contribution in [3.8, 4) is 0 Å². The van der Waals surface area contributed by atoms with Gasteiger partial charge in [-0.25, -0.2) is 0 Å². The molecule has 2 aromatic rings. The van der Waals surface area contributed by atoms with Gasteiger partial charge in [-0.15, -0.1) is 11.8 Å². The van der Waals surface area contributed by atoms with E-state index in [2.05, 4.69) is 22.5 Å². The van der Waals surface area contributed by atoms with Gasteiger partial charge >= 0.3 is 0 Å². The van der Waals surface area contributed by atoms with Crippen LogP contribution in [-0.4, -0.2) is 20.9 Å². The van der Waals surface area contributed by atoms with Crippen LogP contribution in [0.5, 0.6) is 0 Å². The summed E-state index contributed by atoms with van der Waals surface area (Å²) in [6.45, 7) is 0. The number of carbonyl (C=O) groups excluding carboxylic acids is 1. The van der Waals surface area contributed by atoms with Crippen LogP contribution in [0.2, 0.25) is 0 Å². The van der Waals surface area contributed by atoms with Crippen molar-refractivity contribution in [3.05, 3.63) is 42.1 Å². The maximum Gasteiger partial charge on any atom is 0.239 e. The van der Waals surface area contributed by atoms with E-state index < -0.39 is 0 Å². The smallest absolute Gasteiger partial charge is 0.239 e. The highest BCUT2D eigenvalue weighted by Crippen LogP contribution is 2.37. The third kappa shape index (κ3) is 2.13. The molecule has 1 aliphatic heterocycles. The highest BCUT2D eigenvalue weighted by atomic mass is 32.2. The van der Waals surface area contributed by atoms with Crippen molar-refractivity contribution in [1.82, 2.24) is 9.78 Å². The van der Waals surface area contributed by atoms with Crippen molar-refractivity contribution >= 4 is 23.5 Å². The molecule has 18 heavy (non-hydrogen) atoms. The molecule has 0 unspecified atom stereocenters. The van der Waals surface area contributed by atoms with Crippen molar-refractivity contribution in [2.45, 2.75) is 16.6 Å². The molecular formula is C13H13N3OS. The molecule has 1 aromatic carbocycles. The number of aromatic nitrogens is 2. The zero-order valence-electron chi connectivity index (χ0n) is 9.96. The molecule has 2 heterocycles. The second-order valence-electron chi connectivity index (χ2n) is 4.28. The van der Waals surface area contributed by atoms with Crippen LogP contribution < -0.4 is 5.32 Å². The fourth-order valence-electron chi connectivity index (χ4n) is 2.02. The number of hydrogen-bond acceptors (Lipinski definition) is 3. The maximum atomic E-state index is 12.1. The van der Waals surface area contributed by atoms with Gasteiger partial charge in [0.2, 0.25) is 5.91 Å². The van der Waals surface area contributed by atoms with Crippen molar-refractivity contribution in [2.24, 2.45) is 7.05 Å². The minimum Gasteiger partial charge on any atom is -0.308 e. The van der Waals surface area contributed by atoms with Crippen LogP contribution in [0, 0.1) is 0 Å². The molecule has 3 rings (SSSR count). The SMILES string of the molecule is Cn1ccc(NC(=O)[C@@H]2Cc3ccccc3S2)n1. The van der Waals surface area contributed by atoms with E-state index in [0.717, 1.165) is 6.42 Å². The van der Waals surface area contributed by atoms with Crippen LogP contribution >= 0.6 is 11.8 Å². The lowest BCUT2D eigenvalue weighted by Gasteiger charge is -2.07. The number of carbonyl (C=O) groups is 1. The Bertz CT molecular complexity index is 568. The van der Waals surface area contributed by atoms with E-state index in [1.807, 2.05) is 25.4 Å². The average molecular weight is 259 g/mol. The number of thioether (sulfide) groups is 1. The molecule has 4 nitrogen and oxygen atoms in total. The van der Waals surface area contributed by atoms with Crippen LogP contribution in [0.15, 0.2) is 41.4 Å². The number of hydrogen-bond donors (Lipinski definition) is 1. The molecular weight excluding hydrogens is 246 g/mol. The molecule has 1 amide bonds. The lowest BCUT2D eigenvalue weighted by Crippen LogP contribution is -2.24. The first-order valence-corrected chi connectivity index (χ1v) is 6.65. The Balaban J connectivity index is 1.69. The largest absolute Gasteiger partial charge is 0.308 e. The summed E-state index contributed by atoms with van der Waals surface area (Å²) >= 11 is 1.62. The monoisotopic (exact) mass is 259 g/mol. The standard InChI is InChI=1S/C13H13N3OS/c1-16-7-6-12(15-16)14-13(17)11-8-9-4-2-3-5-10(9)18-11/h2-7,11H,8H2,1H3,(H,14,15,17)/t11-/m0/s1. The number of nitrogens with one attached hydrogen (secondary N) is 1. The topological polar surface area (TPSA) is 46.9 Å². The zero-order chi connectivity index (χ0) is 12.5. The average Bonchev–Trinajstić information content (AvgIpc) is 2.95. The predicted molar refractivity (Wildman–Crippen MR) is 71.6 cm³/mol. The number of aryl methyl sites for hydroxylation is 1. The maximum absolute atomic E-state index is 12.1. The molecule has 1 N–H and O–H groups in total. The van der Waals surface area contributed by atoms with Crippen LogP contribution in [-0.2, 0) is 18.3 Å². The first kappa shape index (κ1) is 11.3. The molecule has 1 atom stereocenters. The molecule has 1 aliphatic rings. The van der Waals surface area contributed by atoms with E-state index in [1.165, 1.54) is 10.5 Å². The van der Waals surface area contributed by atoms with Crippen molar-refractivity contribution in [3.63, 3.8) is 0 Å². The van der Waals surface area contributed by atoms with Crippen LogP contribution in [0.4, 0.5) is 5.82 Å². The first-order chi connectivity index (χ1) is 8.72. The van der Waals surface area contributed by atoms with Gasteiger partial charge in [0.25, 0.3) is 0 Å². The lowest BCUT2D eigenvalue weighted by molar-refractivity contribution is -0.115. The second kappa shape index (κ2) is 4.49. The van der Waals surface area contributed by atoms with E-state index in [-0.39, 0.29) is 11.2 Å². The van der Waals surface area contributed by atoms with Crippen molar-refractivity contribution in [2.75, 3.05) is 5.32 Å². The number of rotatable bonds is 2. The Morgan fingerprint density at radius 3 is 3.00 bits per heavy atom. The molecule has 0 saturated heterocycles. The van der Waals surface area contributed by atoms with E-state index in [0.29, 0.717) is 5.82 Å². The van der Waals surface area contributed by atoms with Gasteiger partial charge in [0.15, 0.2) is 5.82 Å². The molecule has 0 radical (unpaired) electrons. The van der Waals surface area contributed by atoms with Crippen molar-refractivity contribution in [1.29, 1.82) is 0 Å². The highest BCUT2D eigenvalue weighted by Gasteiger charge is 2.28. The Morgan fingerprint density at radius 2 is 2.28 bits per heavy atom. The van der Waals surface area contributed by atoms with E-state index in [4.69, 9.17) is 0 Å². The number of anilines is 1. The third-order valence-corrected chi connectivity index (χ3v) is 4.22. The number of fused-ring (bicyclic) bond motifs is 1. The van der Waals surface area contributed by atoms with Crippen LogP contribution in [0.1, 0.15) is 5.56 Å². The van der Waals surface area contributed by atoms with Crippen molar-refractivity contribution < 1.29 is 4.79 Å². The Labute approximate surface area is 109 Å². The third-order valence-electron chi connectivity index (χ3n) is 2.90. The first-order valence-electron chi connectivity index (χ1n) is 5.77. The Hall–Kier alpha value is -1.75. The van der Waals surface area contributed by atoms with Gasteiger partial charge in [0.05, 0.1) is 5.25 Å². The predicted octanol–water partition coefficient (Wildman–Crippen LogP) is 2.08. The number of benzene rings is 1. The summed E-state index contributed by atoms with van der Waals surface area (Å²) in [5, 5.41) is 6.94. The summed E-state index contributed by atoms with van der Waals surface area (Å²) < 4.78 is 1.67. The molecule has 1 aromatic heterocycles. The highest BCUT2D eigenvalue weighted by molar-refractivity contribution is 8.01. The van der Waals surface area contributed by atoms with Gasteiger partial charge in [0.1, 0.15) is 0 Å². The summed E-state index contributed by atoms with van der Waals surface area (Å²) in [5.74, 6) is 0.633. The van der Waals surface area contributed by atoms with Crippen LogP contribution in [0.25, 0.3) is 0 Å². The molecule has 5 heteroatoms. The lowest BCUT2D eigenvalue weighted by atomic mass is 10.1. The van der Waals surface area contributed by atoms with Gasteiger partial charge in [-0.3, -0.25) is 9.48 Å². The fraction of sp³-hybridized carbons (Fsp3) is 0.231.